The lowest BCUT2D eigenvalue weighted by molar-refractivity contribution is -0.121. The van der Waals surface area contributed by atoms with Crippen LogP contribution < -0.4 is 19.7 Å². The first kappa shape index (κ1) is 20.3. The first-order valence-corrected chi connectivity index (χ1v) is 8.86. The van der Waals surface area contributed by atoms with E-state index in [9.17, 15) is 9.59 Å². The minimum atomic E-state index is -0.140. The Morgan fingerprint density at radius 1 is 1.00 bits per heavy atom. The standard InChI is InChI=1S/C21H26N2O4/c1-16(24)23(18-9-10-19(26-2)20(15-18)27-3)14-12-21(25)22-13-11-17-7-5-4-6-8-17/h4-10,15H,11-14H2,1-3H3,(H,22,25). The molecular formula is C21H26N2O4. The molecule has 2 aromatic rings. The Morgan fingerprint density at radius 3 is 2.33 bits per heavy atom. The van der Waals surface area contributed by atoms with Gasteiger partial charge in [-0.25, -0.2) is 0 Å². The summed E-state index contributed by atoms with van der Waals surface area (Å²) < 4.78 is 10.5. The van der Waals surface area contributed by atoms with Gasteiger partial charge in [0, 0.05) is 38.2 Å². The molecule has 27 heavy (non-hydrogen) atoms. The third kappa shape index (κ3) is 6.02. The Kier molecular flexibility index (Phi) is 7.67. The predicted molar refractivity (Wildman–Crippen MR) is 105 cm³/mol. The maximum absolute atomic E-state index is 12.1. The first-order valence-electron chi connectivity index (χ1n) is 8.86. The molecule has 0 heterocycles. The molecule has 0 unspecified atom stereocenters. The molecule has 0 aliphatic rings. The Bertz CT molecular complexity index is 762. The number of benzene rings is 2. The molecule has 0 saturated heterocycles. The zero-order chi connectivity index (χ0) is 19.6. The summed E-state index contributed by atoms with van der Waals surface area (Å²) in [7, 11) is 3.10. The molecule has 0 aliphatic carbocycles. The molecule has 0 atom stereocenters. The van der Waals surface area contributed by atoms with E-state index in [-0.39, 0.29) is 18.2 Å². The van der Waals surface area contributed by atoms with Gasteiger partial charge in [-0.05, 0) is 24.1 Å². The van der Waals surface area contributed by atoms with Crippen molar-refractivity contribution < 1.29 is 19.1 Å². The fourth-order valence-electron chi connectivity index (χ4n) is 2.75. The van der Waals surface area contributed by atoms with E-state index in [1.165, 1.54) is 12.5 Å². The summed E-state index contributed by atoms with van der Waals surface area (Å²) in [5, 5.41) is 2.90. The average Bonchev–Trinajstić information content (AvgIpc) is 2.68. The normalized spacial score (nSPS) is 10.2. The first-order chi connectivity index (χ1) is 13.0. The van der Waals surface area contributed by atoms with Gasteiger partial charge in [0.1, 0.15) is 0 Å². The highest BCUT2D eigenvalue weighted by Gasteiger charge is 2.16. The molecule has 144 valence electrons. The van der Waals surface area contributed by atoms with Crippen LogP contribution >= 0.6 is 0 Å². The third-order valence-electron chi connectivity index (χ3n) is 4.20. The van der Waals surface area contributed by atoms with Gasteiger partial charge in [-0.15, -0.1) is 0 Å². The highest BCUT2D eigenvalue weighted by molar-refractivity contribution is 5.92. The second kappa shape index (κ2) is 10.2. The monoisotopic (exact) mass is 370 g/mol. The lowest BCUT2D eigenvalue weighted by Crippen LogP contribution is -2.34. The Balaban J connectivity index is 1.90. The molecule has 0 aromatic heterocycles. The van der Waals surface area contributed by atoms with E-state index in [1.807, 2.05) is 30.3 Å². The lowest BCUT2D eigenvalue weighted by atomic mass is 10.1. The summed E-state index contributed by atoms with van der Waals surface area (Å²) in [6.07, 6.45) is 1.00. The maximum atomic E-state index is 12.1. The number of ether oxygens (including phenoxy) is 2. The van der Waals surface area contributed by atoms with Gasteiger partial charge >= 0.3 is 0 Å². The van der Waals surface area contributed by atoms with Gasteiger partial charge in [0.2, 0.25) is 11.8 Å². The topological polar surface area (TPSA) is 67.9 Å². The minimum Gasteiger partial charge on any atom is -0.493 e. The van der Waals surface area contributed by atoms with Crippen LogP contribution in [0.25, 0.3) is 0 Å². The van der Waals surface area contributed by atoms with Crippen molar-refractivity contribution in [2.45, 2.75) is 19.8 Å². The molecule has 6 heteroatoms. The van der Waals surface area contributed by atoms with E-state index >= 15 is 0 Å². The Morgan fingerprint density at radius 2 is 1.70 bits per heavy atom. The highest BCUT2D eigenvalue weighted by atomic mass is 16.5. The van der Waals surface area contributed by atoms with Gasteiger partial charge in [-0.3, -0.25) is 9.59 Å². The number of methoxy groups -OCH3 is 2. The summed E-state index contributed by atoms with van der Waals surface area (Å²) in [6, 6.07) is 15.2. The maximum Gasteiger partial charge on any atom is 0.223 e. The lowest BCUT2D eigenvalue weighted by Gasteiger charge is -2.22. The molecule has 2 aromatic carbocycles. The number of nitrogens with zero attached hydrogens (tertiary/aromatic N) is 1. The van der Waals surface area contributed by atoms with E-state index in [1.54, 1.807) is 37.3 Å². The van der Waals surface area contributed by atoms with Crippen molar-refractivity contribution in [2.75, 3.05) is 32.2 Å². The molecule has 6 nitrogen and oxygen atoms in total. The second-order valence-electron chi connectivity index (χ2n) is 6.05. The molecule has 1 N–H and O–H groups in total. The smallest absolute Gasteiger partial charge is 0.223 e. The molecular weight excluding hydrogens is 344 g/mol. The van der Waals surface area contributed by atoms with Crippen LogP contribution in [-0.2, 0) is 16.0 Å². The zero-order valence-electron chi connectivity index (χ0n) is 16.0. The predicted octanol–water partition coefficient (Wildman–Crippen LogP) is 2.81. The number of carbonyl (C=O) groups excluding carboxylic acids is 2. The van der Waals surface area contributed by atoms with Crippen molar-refractivity contribution in [1.82, 2.24) is 5.32 Å². The fourth-order valence-corrected chi connectivity index (χ4v) is 2.75. The van der Waals surface area contributed by atoms with Crippen molar-refractivity contribution in [2.24, 2.45) is 0 Å². The summed E-state index contributed by atoms with van der Waals surface area (Å²) in [6.45, 7) is 2.34. The molecule has 0 aliphatic heterocycles. The minimum absolute atomic E-state index is 0.0855. The molecule has 2 rings (SSSR count). The van der Waals surface area contributed by atoms with Crippen LogP contribution in [0.5, 0.6) is 11.5 Å². The molecule has 0 spiro atoms. The van der Waals surface area contributed by atoms with Crippen LogP contribution in [0.3, 0.4) is 0 Å². The number of hydrogen-bond donors (Lipinski definition) is 1. The SMILES string of the molecule is COc1ccc(N(CCC(=O)NCCc2ccccc2)C(C)=O)cc1OC. The van der Waals surface area contributed by atoms with Crippen molar-refractivity contribution in [3.63, 3.8) is 0 Å². The van der Waals surface area contributed by atoms with Gasteiger partial charge in [0.15, 0.2) is 11.5 Å². The summed E-state index contributed by atoms with van der Waals surface area (Å²) in [5.74, 6) is 0.897. The summed E-state index contributed by atoms with van der Waals surface area (Å²) in [4.78, 5) is 25.7. The highest BCUT2D eigenvalue weighted by Crippen LogP contribution is 2.31. The van der Waals surface area contributed by atoms with Crippen molar-refractivity contribution in [1.29, 1.82) is 0 Å². The van der Waals surface area contributed by atoms with Crippen LogP contribution in [0.2, 0.25) is 0 Å². The van der Waals surface area contributed by atoms with Crippen LogP contribution in [-0.4, -0.2) is 39.1 Å². The zero-order valence-corrected chi connectivity index (χ0v) is 16.0. The number of anilines is 1. The van der Waals surface area contributed by atoms with Crippen LogP contribution in [0.15, 0.2) is 48.5 Å². The number of amides is 2. The molecule has 0 saturated carbocycles. The molecule has 0 radical (unpaired) electrons. The van der Waals surface area contributed by atoms with Gasteiger partial charge in [-0.1, -0.05) is 30.3 Å². The van der Waals surface area contributed by atoms with Crippen LogP contribution in [0.1, 0.15) is 18.9 Å². The second-order valence-corrected chi connectivity index (χ2v) is 6.05. The average molecular weight is 370 g/mol. The summed E-state index contributed by atoms with van der Waals surface area (Å²) in [5.41, 5.74) is 1.84. The molecule has 2 amide bonds. The molecule has 0 bridgehead atoms. The largest absolute Gasteiger partial charge is 0.493 e. The van der Waals surface area contributed by atoms with Gasteiger partial charge in [0.25, 0.3) is 0 Å². The van der Waals surface area contributed by atoms with E-state index in [0.29, 0.717) is 30.3 Å². The third-order valence-corrected chi connectivity index (χ3v) is 4.20. The van der Waals surface area contributed by atoms with E-state index < -0.39 is 0 Å². The Labute approximate surface area is 160 Å². The van der Waals surface area contributed by atoms with Crippen LogP contribution in [0.4, 0.5) is 5.69 Å². The number of rotatable bonds is 9. The van der Waals surface area contributed by atoms with E-state index in [2.05, 4.69) is 5.32 Å². The molecule has 0 fully saturated rings. The van der Waals surface area contributed by atoms with Crippen molar-refractivity contribution in [3.8, 4) is 11.5 Å². The number of hydrogen-bond acceptors (Lipinski definition) is 4. The summed E-state index contributed by atoms with van der Waals surface area (Å²) >= 11 is 0. The number of carbonyl (C=O) groups is 2. The van der Waals surface area contributed by atoms with Crippen LogP contribution in [0, 0.1) is 0 Å². The number of nitrogens with one attached hydrogen (secondary N) is 1. The van der Waals surface area contributed by atoms with Gasteiger partial charge in [0.05, 0.1) is 14.2 Å². The van der Waals surface area contributed by atoms with Crippen molar-refractivity contribution in [3.05, 3.63) is 54.1 Å². The Hall–Kier alpha value is -3.02. The van der Waals surface area contributed by atoms with Gasteiger partial charge in [-0.2, -0.15) is 0 Å². The van der Waals surface area contributed by atoms with Gasteiger partial charge < -0.3 is 19.7 Å². The fraction of sp³-hybridized carbons (Fsp3) is 0.333. The quantitative estimate of drug-likeness (QED) is 0.737. The van der Waals surface area contributed by atoms with E-state index in [0.717, 1.165) is 6.42 Å². The van der Waals surface area contributed by atoms with Crippen molar-refractivity contribution >= 4 is 17.5 Å². The van der Waals surface area contributed by atoms with E-state index in [4.69, 9.17) is 9.47 Å².